The van der Waals surface area contributed by atoms with Gasteiger partial charge in [-0.25, -0.2) is 9.66 Å². The van der Waals surface area contributed by atoms with Crippen LogP contribution in [0.4, 0.5) is 0 Å². The Balaban J connectivity index is 2.96. The molecule has 0 saturated heterocycles. The molecule has 2 aromatic rings. The van der Waals surface area contributed by atoms with E-state index in [9.17, 15) is 0 Å². The van der Waals surface area contributed by atoms with Gasteiger partial charge in [-0.3, -0.25) is 0 Å². The highest BCUT2D eigenvalue weighted by atomic mass is 15.3. The van der Waals surface area contributed by atoms with Crippen molar-refractivity contribution in [2.45, 2.75) is 6.92 Å². The average molecular weight is 147 g/mol. The molecule has 0 spiro atoms. The summed E-state index contributed by atoms with van der Waals surface area (Å²) >= 11 is 0. The standard InChI is InChI=1S/C8H9N3/c1-6-3-2-4-7-8(6)11(9)5-10-7/h2-5H,9H2,1H3. The number of hydrogen-bond acceptors (Lipinski definition) is 2. The molecular formula is C8H9N3. The number of rotatable bonds is 0. The van der Waals surface area contributed by atoms with Gasteiger partial charge in [-0.1, -0.05) is 12.1 Å². The van der Waals surface area contributed by atoms with Gasteiger partial charge >= 0.3 is 0 Å². The van der Waals surface area contributed by atoms with Crippen LogP contribution in [0.3, 0.4) is 0 Å². The number of nitrogen functional groups attached to an aromatic ring is 1. The van der Waals surface area contributed by atoms with E-state index in [1.54, 1.807) is 11.0 Å². The lowest BCUT2D eigenvalue weighted by Crippen LogP contribution is -2.05. The number of imidazole rings is 1. The number of fused-ring (bicyclic) bond motifs is 1. The minimum absolute atomic E-state index is 0.951. The number of nitrogens with zero attached hydrogens (tertiary/aromatic N) is 2. The predicted molar refractivity (Wildman–Crippen MR) is 44.6 cm³/mol. The molecule has 1 aromatic heterocycles. The van der Waals surface area contributed by atoms with Gasteiger partial charge in [0, 0.05) is 0 Å². The van der Waals surface area contributed by atoms with Crippen molar-refractivity contribution in [1.82, 2.24) is 9.66 Å². The van der Waals surface area contributed by atoms with Crippen LogP contribution in [-0.4, -0.2) is 9.66 Å². The van der Waals surface area contributed by atoms with Crippen molar-refractivity contribution >= 4 is 11.0 Å². The van der Waals surface area contributed by atoms with Crippen LogP contribution in [0.1, 0.15) is 5.56 Å². The highest BCUT2D eigenvalue weighted by Gasteiger charge is 2.00. The van der Waals surface area contributed by atoms with Crippen LogP contribution in [0.5, 0.6) is 0 Å². The van der Waals surface area contributed by atoms with Gasteiger partial charge in [0.1, 0.15) is 6.33 Å². The molecule has 0 radical (unpaired) electrons. The fourth-order valence-electron chi connectivity index (χ4n) is 1.27. The van der Waals surface area contributed by atoms with Gasteiger partial charge in [0.05, 0.1) is 11.0 Å². The van der Waals surface area contributed by atoms with Gasteiger partial charge in [-0.15, -0.1) is 0 Å². The Hall–Kier alpha value is -1.51. The second-order valence-corrected chi connectivity index (χ2v) is 2.59. The summed E-state index contributed by atoms with van der Waals surface area (Å²) in [7, 11) is 0. The Morgan fingerprint density at radius 1 is 1.45 bits per heavy atom. The zero-order valence-corrected chi connectivity index (χ0v) is 6.28. The Morgan fingerprint density at radius 2 is 2.27 bits per heavy atom. The second kappa shape index (κ2) is 1.99. The number of benzene rings is 1. The third-order valence-corrected chi connectivity index (χ3v) is 1.80. The van der Waals surface area contributed by atoms with Crippen LogP contribution < -0.4 is 5.84 Å². The highest BCUT2D eigenvalue weighted by molar-refractivity contribution is 5.78. The molecule has 0 fully saturated rings. The van der Waals surface area contributed by atoms with E-state index in [0.29, 0.717) is 0 Å². The number of para-hydroxylation sites is 1. The molecule has 0 amide bonds. The van der Waals surface area contributed by atoms with Gasteiger partial charge in [0.2, 0.25) is 0 Å². The van der Waals surface area contributed by atoms with E-state index < -0.39 is 0 Å². The molecule has 0 aliphatic rings. The maximum absolute atomic E-state index is 5.63. The van der Waals surface area contributed by atoms with Crippen LogP contribution in [-0.2, 0) is 0 Å². The molecule has 0 saturated carbocycles. The monoisotopic (exact) mass is 147 g/mol. The van der Waals surface area contributed by atoms with Crippen molar-refractivity contribution in [2.75, 3.05) is 5.84 Å². The van der Waals surface area contributed by atoms with Gasteiger partial charge in [-0.05, 0) is 18.6 Å². The quantitative estimate of drug-likeness (QED) is 0.566. The third-order valence-electron chi connectivity index (χ3n) is 1.80. The molecule has 2 rings (SSSR count). The Labute approximate surface area is 64.4 Å². The average Bonchev–Trinajstić information content (AvgIpc) is 2.34. The third kappa shape index (κ3) is 0.774. The SMILES string of the molecule is Cc1cccc2ncn(N)c12. The Kier molecular flexibility index (Phi) is 1.12. The fourth-order valence-corrected chi connectivity index (χ4v) is 1.27. The van der Waals surface area contributed by atoms with Crippen molar-refractivity contribution in [3.05, 3.63) is 30.1 Å². The predicted octanol–water partition coefficient (Wildman–Crippen LogP) is 1.06. The summed E-state index contributed by atoms with van der Waals surface area (Å²) in [6, 6.07) is 5.95. The largest absolute Gasteiger partial charge is 0.338 e. The van der Waals surface area contributed by atoms with Crippen molar-refractivity contribution in [3.8, 4) is 0 Å². The highest BCUT2D eigenvalue weighted by Crippen LogP contribution is 2.13. The lowest BCUT2D eigenvalue weighted by Gasteiger charge is -1.96. The van der Waals surface area contributed by atoms with E-state index in [-0.39, 0.29) is 0 Å². The Morgan fingerprint density at radius 3 is 3.00 bits per heavy atom. The first-order valence-electron chi connectivity index (χ1n) is 3.47. The number of nitrogens with two attached hydrogens (primary N) is 1. The fraction of sp³-hybridized carbons (Fsp3) is 0.125. The molecular weight excluding hydrogens is 138 g/mol. The molecule has 56 valence electrons. The summed E-state index contributed by atoms with van der Waals surface area (Å²) in [4.78, 5) is 4.12. The van der Waals surface area contributed by atoms with Crippen LogP contribution >= 0.6 is 0 Å². The van der Waals surface area contributed by atoms with E-state index in [1.165, 1.54) is 0 Å². The molecule has 3 heteroatoms. The molecule has 1 heterocycles. The smallest absolute Gasteiger partial charge is 0.115 e. The summed E-state index contributed by atoms with van der Waals surface area (Å²) in [6.45, 7) is 2.02. The van der Waals surface area contributed by atoms with Crippen molar-refractivity contribution in [2.24, 2.45) is 0 Å². The van der Waals surface area contributed by atoms with Gasteiger partial charge in [0.15, 0.2) is 0 Å². The maximum atomic E-state index is 5.63. The Bertz CT molecular complexity index is 389. The first-order chi connectivity index (χ1) is 5.29. The van der Waals surface area contributed by atoms with E-state index in [0.717, 1.165) is 16.6 Å². The molecule has 2 N–H and O–H groups in total. The maximum Gasteiger partial charge on any atom is 0.115 e. The van der Waals surface area contributed by atoms with Crippen LogP contribution in [0, 0.1) is 6.92 Å². The van der Waals surface area contributed by atoms with Gasteiger partial charge < -0.3 is 5.84 Å². The minimum Gasteiger partial charge on any atom is -0.338 e. The number of hydrogen-bond donors (Lipinski definition) is 1. The lowest BCUT2D eigenvalue weighted by molar-refractivity contribution is 1.03. The van der Waals surface area contributed by atoms with Crippen LogP contribution in [0.25, 0.3) is 11.0 Å². The summed E-state index contributed by atoms with van der Waals surface area (Å²) in [5, 5.41) is 0. The van der Waals surface area contributed by atoms with E-state index in [1.807, 2.05) is 25.1 Å². The molecule has 11 heavy (non-hydrogen) atoms. The lowest BCUT2D eigenvalue weighted by atomic mass is 10.2. The van der Waals surface area contributed by atoms with E-state index in [4.69, 9.17) is 5.84 Å². The first kappa shape index (κ1) is 6.22. The number of aromatic nitrogens is 2. The molecule has 0 unspecified atom stereocenters. The summed E-state index contributed by atoms with van der Waals surface area (Å²) in [5.41, 5.74) is 3.11. The normalized spacial score (nSPS) is 10.6. The van der Waals surface area contributed by atoms with Crippen LogP contribution in [0.2, 0.25) is 0 Å². The van der Waals surface area contributed by atoms with Gasteiger partial charge in [-0.2, -0.15) is 0 Å². The second-order valence-electron chi connectivity index (χ2n) is 2.59. The number of aryl methyl sites for hydroxylation is 1. The minimum atomic E-state index is 0.951. The van der Waals surface area contributed by atoms with Gasteiger partial charge in [0.25, 0.3) is 0 Å². The summed E-state index contributed by atoms with van der Waals surface area (Å²) < 4.78 is 1.55. The molecule has 0 bridgehead atoms. The topological polar surface area (TPSA) is 43.8 Å². The van der Waals surface area contributed by atoms with Crippen molar-refractivity contribution < 1.29 is 0 Å². The zero-order valence-electron chi connectivity index (χ0n) is 6.28. The van der Waals surface area contributed by atoms with E-state index in [2.05, 4.69) is 4.98 Å². The molecule has 0 aliphatic heterocycles. The summed E-state index contributed by atoms with van der Waals surface area (Å²) in [5.74, 6) is 5.63. The van der Waals surface area contributed by atoms with Crippen LogP contribution in [0.15, 0.2) is 24.5 Å². The van der Waals surface area contributed by atoms with E-state index >= 15 is 0 Å². The van der Waals surface area contributed by atoms with Crippen molar-refractivity contribution in [3.63, 3.8) is 0 Å². The van der Waals surface area contributed by atoms with Crippen molar-refractivity contribution in [1.29, 1.82) is 0 Å². The molecule has 1 aromatic carbocycles. The zero-order chi connectivity index (χ0) is 7.84. The molecule has 0 atom stereocenters. The summed E-state index contributed by atoms with van der Waals surface area (Å²) in [6.07, 6.45) is 1.62. The first-order valence-corrected chi connectivity index (χ1v) is 3.47. The molecule has 0 aliphatic carbocycles. The molecule has 3 nitrogen and oxygen atoms in total.